The third kappa shape index (κ3) is 4.93. The van der Waals surface area contributed by atoms with E-state index in [1.807, 2.05) is 60.4 Å². The van der Waals surface area contributed by atoms with Crippen LogP contribution in [0.25, 0.3) is 0 Å². The number of ether oxygens (including phenoxy) is 2. The van der Waals surface area contributed by atoms with Crippen molar-refractivity contribution in [2.24, 2.45) is 0 Å². The first-order valence-corrected chi connectivity index (χ1v) is 9.67. The molecular weight excluding hydrogens is 364 g/mol. The molecule has 1 aliphatic rings. The summed E-state index contributed by atoms with van der Waals surface area (Å²) in [7, 11) is 0. The maximum absolute atomic E-state index is 13.0. The second-order valence-electron chi connectivity index (χ2n) is 6.27. The maximum Gasteiger partial charge on any atom is 0.257 e. The quantitative estimate of drug-likeness (QED) is 0.678. The number of amides is 1. The average molecular weight is 389 g/mol. The summed E-state index contributed by atoms with van der Waals surface area (Å²) in [5.74, 6) is 0.608. The van der Waals surface area contributed by atoms with Gasteiger partial charge in [0.05, 0.1) is 22.9 Å². The molecule has 27 heavy (non-hydrogen) atoms. The summed E-state index contributed by atoms with van der Waals surface area (Å²) in [4.78, 5) is 17.1. The molecule has 1 amide bonds. The van der Waals surface area contributed by atoms with Gasteiger partial charge in [0.15, 0.2) is 0 Å². The van der Waals surface area contributed by atoms with Gasteiger partial charge < -0.3 is 19.3 Å². The van der Waals surface area contributed by atoms with Crippen LogP contribution in [0, 0.1) is 0 Å². The van der Waals surface area contributed by atoms with Crippen molar-refractivity contribution in [3.8, 4) is 5.75 Å². The summed E-state index contributed by atoms with van der Waals surface area (Å²) >= 11 is 6.30. The topological polar surface area (TPSA) is 42.0 Å². The standard InChI is InChI=1S/C21H25ClN2O3/c1-2-26-15-16-27-20-10-6-3-7-17(20)21(25)24-13-11-23(12-14-24)19-9-5-4-8-18(19)22/h3-10H,2,11-16H2,1H3. The van der Waals surface area contributed by atoms with Gasteiger partial charge in [-0.2, -0.15) is 0 Å². The van der Waals surface area contributed by atoms with Gasteiger partial charge >= 0.3 is 0 Å². The van der Waals surface area contributed by atoms with Crippen molar-refractivity contribution < 1.29 is 14.3 Å². The Kier molecular flexibility index (Phi) is 6.96. The van der Waals surface area contributed by atoms with Crippen LogP contribution in [-0.2, 0) is 4.74 Å². The Bertz CT molecular complexity index is 761. The van der Waals surface area contributed by atoms with Gasteiger partial charge in [0.2, 0.25) is 0 Å². The number of carbonyl (C=O) groups excluding carboxylic acids is 1. The van der Waals surface area contributed by atoms with Gasteiger partial charge in [-0.3, -0.25) is 4.79 Å². The second kappa shape index (κ2) is 9.62. The zero-order chi connectivity index (χ0) is 19.1. The molecule has 1 saturated heterocycles. The number of rotatable bonds is 7. The van der Waals surface area contributed by atoms with Crippen molar-refractivity contribution in [2.75, 3.05) is 50.9 Å². The van der Waals surface area contributed by atoms with Crippen molar-refractivity contribution in [1.29, 1.82) is 0 Å². The lowest BCUT2D eigenvalue weighted by Gasteiger charge is -2.36. The van der Waals surface area contributed by atoms with Gasteiger partial charge in [0.25, 0.3) is 5.91 Å². The monoisotopic (exact) mass is 388 g/mol. The van der Waals surface area contributed by atoms with Gasteiger partial charge in [0.1, 0.15) is 12.4 Å². The lowest BCUT2D eigenvalue weighted by molar-refractivity contribution is 0.0736. The molecule has 1 aliphatic heterocycles. The van der Waals surface area contributed by atoms with E-state index in [1.54, 1.807) is 0 Å². The molecule has 1 fully saturated rings. The van der Waals surface area contributed by atoms with E-state index < -0.39 is 0 Å². The van der Waals surface area contributed by atoms with Crippen LogP contribution in [-0.4, -0.2) is 56.8 Å². The molecule has 2 aromatic carbocycles. The zero-order valence-electron chi connectivity index (χ0n) is 15.6. The summed E-state index contributed by atoms with van der Waals surface area (Å²) in [5.41, 5.74) is 1.62. The number of hydrogen-bond donors (Lipinski definition) is 0. The fourth-order valence-electron chi connectivity index (χ4n) is 3.15. The van der Waals surface area contributed by atoms with Crippen molar-refractivity contribution in [1.82, 2.24) is 4.90 Å². The number of hydrogen-bond acceptors (Lipinski definition) is 4. The number of piperazine rings is 1. The van der Waals surface area contributed by atoms with Crippen LogP contribution in [0.2, 0.25) is 5.02 Å². The number of halogens is 1. The van der Waals surface area contributed by atoms with E-state index >= 15 is 0 Å². The molecule has 0 bridgehead atoms. The third-order valence-corrected chi connectivity index (χ3v) is 4.89. The average Bonchev–Trinajstić information content (AvgIpc) is 2.71. The highest BCUT2D eigenvalue weighted by atomic mass is 35.5. The molecule has 6 heteroatoms. The molecule has 0 saturated carbocycles. The minimum absolute atomic E-state index is 0.000758. The van der Waals surface area contributed by atoms with E-state index in [0.29, 0.717) is 44.2 Å². The number of nitrogens with zero attached hydrogens (tertiary/aromatic N) is 2. The Hall–Kier alpha value is -2.24. The van der Waals surface area contributed by atoms with Crippen molar-refractivity contribution in [3.63, 3.8) is 0 Å². The Labute approximate surface area is 165 Å². The van der Waals surface area contributed by atoms with Gasteiger partial charge in [-0.1, -0.05) is 35.9 Å². The molecule has 5 nitrogen and oxygen atoms in total. The number of carbonyl (C=O) groups is 1. The molecular formula is C21H25ClN2O3. The van der Waals surface area contributed by atoms with Gasteiger partial charge in [-0.15, -0.1) is 0 Å². The predicted molar refractivity (Wildman–Crippen MR) is 108 cm³/mol. The molecule has 2 aromatic rings. The second-order valence-corrected chi connectivity index (χ2v) is 6.68. The highest BCUT2D eigenvalue weighted by molar-refractivity contribution is 6.33. The largest absolute Gasteiger partial charge is 0.490 e. The Morgan fingerprint density at radius 2 is 1.70 bits per heavy atom. The summed E-state index contributed by atoms with van der Waals surface area (Å²) in [6, 6.07) is 15.2. The van der Waals surface area contributed by atoms with E-state index in [1.165, 1.54) is 0 Å². The SMILES string of the molecule is CCOCCOc1ccccc1C(=O)N1CCN(c2ccccc2Cl)CC1. The molecule has 0 radical (unpaired) electrons. The van der Waals surface area contributed by atoms with Gasteiger partial charge in [-0.25, -0.2) is 0 Å². The first kappa shape index (κ1) is 19.5. The van der Waals surface area contributed by atoms with Crippen LogP contribution in [0.15, 0.2) is 48.5 Å². The van der Waals surface area contributed by atoms with E-state index in [-0.39, 0.29) is 5.91 Å². The molecule has 144 valence electrons. The number of para-hydroxylation sites is 2. The van der Waals surface area contributed by atoms with Gasteiger partial charge in [-0.05, 0) is 31.2 Å². The molecule has 1 heterocycles. The first-order valence-electron chi connectivity index (χ1n) is 9.29. The molecule has 0 N–H and O–H groups in total. The Balaban J connectivity index is 1.62. The predicted octanol–water partition coefficient (Wildman–Crippen LogP) is 3.72. The molecule has 0 spiro atoms. The third-order valence-electron chi connectivity index (χ3n) is 4.57. The van der Waals surface area contributed by atoms with Gasteiger partial charge in [0, 0.05) is 32.8 Å². The minimum Gasteiger partial charge on any atom is -0.490 e. The van der Waals surface area contributed by atoms with E-state index in [2.05, 4.69) is 4.90 Å². The van der Waals surface area contributed by atoms with Crippen molar-refractivity contribution in [3.05, 3.63) is 59.1 Å². The minimum atomic E-state index is 0.000758. The summed E-state index contributed by atoms with van der Waals surface area (Å²) < 4.78 is 11.1. The molecule has 3 rings (SSSR count). The zero-order valence-corrected chi connectivity index (χ0v) is 16.3. The van der Waals surface area contributed by atoms with Crippen molar-refractivity contribution in [2.45, 2.75) is 6.92 Å². The number of benzene rings is 2. The van der Waals surface area contributed by atoms with Crippen LogP contribution in [0.1, 0.15) is 17.3 Å². The number of anilines is 1. The maximum atomic E-state index is 13.0. The Morgan fingerprint density at radius 1 is 1.00 bits per heavy atom. The van der Waals surface area contributed by atoms with Crippen LogP contribution < -0.4 is 9.64 Å². The fourth-order valence-corrected chi connectivity index (χ4v) is 3.41. The van der Waals surface area contributed by atoms with E-state index in [9.17, 15) is 4.79 Å². The fraction of sp³-hybridized carbons (Fsp3) is 0.381. The summed E-state index contributed by atoms with van der Waals surface area (Å²) in [5, 5.41) is 0.741. The smallest absolute Gasteiger partial charge is 0.257 e. The molecule has 0 atom stereocenters. The van der Waals surface area contributed by atoms with E-state index in [0.717, 1.165) is 23.8 Å². The summed E-state index contributed by atoms with van der Waals surface area (Å²) in [6.45, 7) is 6.34. The van der Waals surface area contributed by atoms with Crippen LogP contribution in [0.4, 0.5) is 5.69 Å². The Morgan fingerprint density at radius 3 is 2.44 bits per heavy atom. The van der Waals surface area contributed by atoms with Crippen LogP contribution >= 0.6 is 11.6 Å². The highest BCUT2D eigenvalue weighted by Gasteiger charge is 2.25. The van der Waals surface area contributed by atoms with Crippen LogP contribution in [0.3, 0.4) is 0 Å². The highest BCUT2D eigenvalue weighted by Crippen LogP contribution is 2.27. The molecule has 0 aromatic heterocycles. The molecule has 0 aliphatic carbocycles. The van der Waals surface area contributed by atoms with E-state index in [4.69, 9.17) is 21.1 Å². The normalized spacial score (nSPS) is 14.3. The van der Waals surface area contributed by atoms with Crippen molar-refractivity contribution >= 4 is 23.2 Å². The first-order chi connectivity index (χ1) is 13.2. The summed E-state index contributed by atoms with van der Waals surface area (Å²) in [6.07, 6.45) is 0. The van der Waals surface area contributed by atoms with Crippen LogP contribution in [0.5, 0.6) is 5.75 Å². The lowest BCUT2D eigenvalue weighted by atomic mass is 10.1. The molecule has 0 unspecified atom stereocenters. The lowest BCUT2D eigenvalue weighted by Crippen LogP contribution is -2.49.